The van der Waals surface area contributed by atoms with Crippen LogP contribution in [0.1, 0.15) is 25.5 Å². The van der Waals surface area contributed by atoms with E-state index in [-0.39, 0.29) is 17.0 Å². The van der Waals surface area contributed by atoms with Crippen LogP contribution in [0.3, 0.4) is 0 Å². The van der Waals surface area contributed by atoms with Gasteiger partial charge < -0.3 is 10.7 Å². The maximum Gasteiger partial charge on any atom is 0.215 e. The molecule has 0 radical (unpaired) electrons. The molecular weight excluding hydrogens is 192 g/mol. The standard InChI is InChI=1S/C10H14N4O/c1-5(2)8-7-9(15)6(11)4-12-10(7)14(3)13-8/h4-5H,11H2,1-3H3,(H,12,15). The number of rotatable bonds is 1. The van der Waals surface area contributed by atoms with Crippen molar-refractivity contribution < 1.29 is 0 Å². The smallest absolute Gasteiger partial charge is 0.215 e. The maximum absolute atomic E-state index is 11.9. The molecule has 0 atom stereocenters. The zero-order valence-corrected chi connectivity index (χ0v) is 9.03. The number of hydrogen-bond acceptors (Lipinski definition) is 3. The minimum absolute atomic E-state index is 0.138. The number of aryl methyl sites for hydroxylation is 1. The van der Waals surface area contributed by atoms with Gasteiger partial charge in [0.1, 0.15) is 5.65 Å². The van der Waals surface area contributed by atoms with Gasteiger partial charge in [0.25, 0.3) is 0 Å². The molecule has 5 nitrogen and oxygen atoms in total. The minimum atomic E-state index is -0.138. The molecule has 0 saturated heterocycles. The summed E-state index contributed by atoms with van der Waals surface area (Å²) in [5.74, 6) is 0.205. The highest BCUT2D eigenvalue weighted by Gasteiger charge is 2.16. The molecule has 0 fully saturated rings. The summed E-state index contributed by atoms with van der Waals surface area (Å²) in [6.07, 6.45) is 1.51. The van der Waals surface area contributed by atoms with E-state index >= 15 is 0 Å². The second-order valence-electron chi connectivity index (χ2n) is 3.96. The molecule has 3 N–H and O–H groups in total. The molecule has 0 amide bonds. The molecule has 80 valence electrons. The third-order valence-corrected chi connectivity index (χ3v) is 2.47. The summed E-state index contributed by atoms with van der Waals surface area (Å²) < 4.78 is 1.67. The molecule has 2 heterocycles. The Balaban J connectivity index is 2.96. The van der Waals surface area contributed by atoms with Gasteiger partial charge in [-0.25, -0.2) is 0 Å². The Morgan fingerprint density at radius 3 is 2.80 bits per heavy atom. The van der Waals surface area contributed by atoms with E-state index in [4.69, 9.17) is 5.73 Å². The van der Waals surface area contributed by atoms with Crippen LogP contribution in [-0.4, -0.2) is 14.8 Å². The Hall–Kier alpha value is -1.78. The highest BCUT2D eigenvalue weighted by atomic mass is 16.1. The van der Waals surface area contributed by atoms with Gasteiger partial charge in [0.2, 0.25) is 5.43 Å². The zero-order valence-electron chi connectivity index (χ0n) is 9.03. The highest BCUT2D eigenvalue weighted by molar-refractivity contribution is 5.81. The van der Waals surface area contributed by atoms with Crippen LogP contribution in [0.5, 0.6) is 0 Å². The minimum Gasteiger partial charge on any atom is -0.394 e. The Morgan fingerprint density at radius 1 is 1.53 bits per heavy atom. The second-order valence-corrected chi connectivity index (χ2v) is 3.96. The normalized spacial score (nSPS) is 11.5. The van der Waals surface area contributed by atoms with Gasteiger partial charge in [0.15, 0.2) is 0 Å². The molecule has 0 aliphatic heterocycles. The average molecular weight is 206 g/mol. The fourth-order valence-corrected chi connectivity index (χ4v) is 1.69. The van der Waals surface area contributed by atoms with Gasteiger partial charge in [-0.05, 0) is 5.92 Å². The van der Waals surface area contributed by atoms with Gasteiger partial charge in [-0.2, -0.15) is 5.10 Å². The first-order chi connectivity index (χ1) is 7.02. The lowest BCUT2D eigenvalue weighted by Gasteiger charge is -1.99. The third kappa shape index (κ3) is 1.31. The summed E-state index contributed by atoms with van der Waals surface area (Å²) >= 11 is 0. The number of nitrogens with two attached hydrogens (primary N) is 1. The number of nitrogens with one attached hydrogen (secondary N) is 1. The summed E-state index contributed by atoms with van der Waals surface area (Å²) in [5.41, 5.74) is 7.19. The van der Waals surface area contributed by atoms with Crippen molar-refractivity contribution >= 4 is 16.7 Å². The van der Waals surface area contributed by atoms with Gasteiger partial charge in [0.05, 0.1) is 16.8 Å². The monoisotopic (exact) mass is 206 g/mol. The molecule has 5 heteroatoms. The summed E-state index contributed by atoms with van der Waals surface area (Å²) in [5, 5.41) is 4.93. The number of fused-ring (bicyclic) bond motifs is 1. The number of aromatic nitrogens is 3. The van der Waals surface area contributed by atoms with Crippen LogP contribution in [0.4, 0.5) is 5.69 Å². The molecule has 0 aliphatic rings. The first kappa shape index (κ1) is 9.76. The van der Waals surface area contributed by atoms with E-state index in [1.807, 2.05) is 13.8 Å². The van der Waals surface area contributed by atoms with E-state index in [2.05, 4.69) is 10.1 Å². The van der Waals surface area contributed by atoms with Crippen LogP contribution < -0.4 is 11.2 Å². The summed E-state index contributed by atoms with van der Waals surface area (Å²) in [7, 11) is 1.81. The van der Waals surface area contributed by atoms with Crippen molar-refractivity contribution in [2.24, 2.45) is 7.05 Å². The van der Waals surface area contributed by atoms with Crippen LogP contribution in [0.15, 0.2) is 11.0 Å². The largest absolute Gasteiger partial charge is 0.394 e. The van der Waals surface area contributed by atoms with Crippen LogP contribution >= 0.6 is 0 Å². The van der Waals surface area contributed by atoms with Gasteiger partial charge in [-0.3, -0.25) is 9.48 Å². The molecular formula is C10H14N4O. The van der Waals surface area contributed by atoms with E-state index in [0.29, 0.717) is 5.39 Å². The van der Waals surface area contributed by atoms with Crippen LogP contribution in [-0.2, 0) is 7.05 Å². The van der Waals surface area contributed by atoms with E-state index in [1.54, 1.807) is 11.7 Å². The van der Waals surface area contributed by atoms with Gasteiger partial charge >= 0.3 is 0 Å². The zero-order chi connectivity index (χ0) is 11.2. The van der Waals surface area contributed by atoms with Crippen molar-refractivity contribution in [3.05, 3.63) is 22.1 Å². The number of nitrogens with zero attached hydrogens (tertiary/aromatic N) is 2. The van der Waals surface area contributed by atoms with Gasteiger partial charge in [-0.1, -0.05) is 13.8 Å². The van der Waals surface area contributed by atoms with Crippen LogP contribution in [0.25, 0.3) is 11.0 Å². The number of pyridine rings is 1. The molecule has 2 aromatic heterocycles. The predicted molar refractivity (Wildman–Crippen MR) is 59.8 cm³/mol. The second kappa shape index (κ2) is 3.12. The van der Waals surface area contributed by atoms with E-state index < -0.39 is 0 Å². The molecule has 0 spiro atoms. The highest BCUT2D eigenvalue weighted by Crippen LogP contribution is 2.20. The number of nitrogen functional groups attached to an aromatic ring is 1. The van der Waals surface area contributed by atoms with Crippen molar-refractivity contribution in [2.45, 2.75) is 19.8 Å². The third-order valence-electron chi connectivity index (χ3n) is 2.47. The maximum atomic E-state index is 11.9. The van der Waals surface area contributed by atoms with Crippen molar-refractivity contribution in [1.82, 2.24) is 14.8 Å². The Labute approximate surface area is 86.9 Å². The Kier molecular flexibility index (Phi) is 2.03. The first-order valence-electron chi connectivity index (χ1n) is 4.86. The molecule has 0 unspecified atom stereocenters. The van der Waals surface area contributed by atoms with Crippen LogP contribution in [0.2, 0.25) is 0 Å². The lowest BCUT2D eigenvalue weighted by molar-refractivity contribution is 0.724. The number of hydrogen-bond donors (Lipinski definition) is 2. The van der Waals surface area contributed by atoms with E-state index in [9.17, 15) is 4.79 Å². The van der Waals surface area contributed by atoms with E-state index in [1.165, 1.54) is 6.20 Å². The van der Waals surface area contributed by atoms with Crippen molar-refractivity contribution in [3.8, 4) is 0 Å². The van der Waals surface area contributed by atoms with Crippen LogP contribution in [0, 0.1) is 0 Å². The lowest BCUT2D eigenvalue weighted by atomic mass is 10.1. The Morgan fingerprint density at radius 2 is 2.20 bits per heavy atom. The average Bonchev–Trinajstić information content (AvgIpc) is 2.50. The van der Waals surface area contributed by atoms with Crippen molar-refractivity contribution in [1.29, 1.82) is 0 Å². The van der Waals surface area contributed by atoms with Crippen molar-refractivity contribution in [2.75, 3.05) is 5.73 Å². The molecule has 0 bridgehead atoms. The molecule has 0 aliphatic carbocycles. The topological polar surface area (TPSA) is 76.7 Å². The quantitative estimate of drug-likeness (QED) is 0.729. The van der Waals surface area contributed by atoms with Crippen molar-refractivity contribution in [3.63, 3.8) is 0 Å². The molecule has 0 aromatic carbocycles. The SMILES string of the molecule is CC(C)c1nn(C)c2[nH]cc(N)c(=O)c12. The molecule has 2 rings (SSSR count). The fraction of sp³-hybridized carbons (Fsp3) is 0.400. The number of anilines is 1. The fourth-order valence-electron chi connectivity index (χ4n) is 1.69. The van der Waals surface area contributed by atoms with E-state index in [0.717, 1.165) is 11.3 Å². The van der Waals surface area contributed by atoms with Gasteiger partial charge in [-0.15, -0.1) is 0 Å². The number of aromatic amines is 1. The molecule has 2 aromatic rings. The lowest BCUT2D eigenvalue weighted by Crippen LogP contribution is -2.10. The Bertz CT molecular complexity index is 565. The summed E-state index contributed by atoms with van der Waals surface area (Å²) in [6.45, 7) is 4.01. The predicted octanol–water partition coefficient (Wildman–Crippen LogP) is 0.967. The molecule has 0 saturated carbocycles. The van der Waals surface area contributed by atoms with Gasteiger partial charge in [0, 0.05) is 13.2 Å². The summed E-state index contributed by atoms with van der Waals surface area (Å²) in [6, 6.07) is 0. The number of H-pyrrole nitrogens is 1. The first-order valence-corrected chi connectivity index (χ1v) is 4.86. The molecule has 15 heavy (non-hydrogen) atoms. The summed E-state index contributed by atoms with van der Waals surface area (Å²) in [4.78, 5) is 14.8.